The van der Waals surface area contributed by atoms with E-state index in [9.17, 15) is 0 Å². The van der Waals surface area contributed by atoms with Crippen LogP contribution in [0.4, 0.5) is 0 Å². The van der Waals surface area contributed by atoms with Crippen LogP contribution in [0.15, 0.2) is 35.5 Å². The van der Waals surface area contributed by atoms with Gasteiger partial charge in [0.1, 0.15) is 0 Å². The molecule has 0 saturated carbocycles. The van der Waals surface area contributed by atoms with Gasteiger partial charge in [0.05, 0.1) is 5.71 Å². The molecule has 0 saturated heterocycles. The van der Waals surface area contributed by atoms with Gasteiger partial charge in [-0.2, -0.15) is 0 Å². The van der Waals surface area contributed by atoms with Gasteiger partial charge in [-0.05, 0) is 18.4 Å². The van der Waals surface area contributed by atoms with Crippen molar-refractivity contribution in [1.82, 2.24) is 0 Å². The molecule has 1 aromatic rings. The smallest absolute Gasteiger partial charge is 0.157 e. The van der Waals surface area contributed by atoms with Crippen LogP contribution in [0.2, 0.25) is 0 Å². The van der Waals surface area contributed by atoms with Crippen LogP contribution in [0.3, 0.4) is 0 Å². The zero-order valence-corrected chi connectivity index (χ0v) is 8.60. The molecule has 1 aliphatic heterocycles. The second kappa shape index (κ2) is 4.94. The van der Waals surface area contributed by atoms with Crippen molar-refractivity contribution >= 4 is 5.71 Å². The molecule has 0 amide bonds. The van der Waals surface area contributed by atoms with E-state index in [0.717, 1.165) is 25.0 Å². The predicted molar refractivity (Wildman–Crippen MR) is 58.6 cm³/mol. The number of aliphatic hydroxyl groups is 1. The van der Waals surface area contributed by atoms with Gasteiger partial charge in [0.2, 0.25) is 0 Å². The van der Waals surface area contributed by atoms with Crippen molar-refractivity contribution in [1.29, 1.82) is 0 Å². The van der Waals surface area contributed by atoms with Crippen LogP contribution in [0.5, 0.6) is 0 Å². The molecular formula is C12H15NO2. The first kappa shape index (κ1) is 10.2. The van der Waals surface area contributed by atoms with Crippen LogP contribution < -0.4 is 0 Å². The van der Waals surface area contributed by atoms with Crippen molar-refractivity contribution in [3.8, 4) is 0 Å². The lowest BCUT2D eigenvalue weighted by Crippen LogP contribution is -2.00. The van der Waals surface area contributed by atoms with E-state index >= 15 is 0 Å². The fourth-order valence-electron chi connectivity index (χ4n) is 1.70. The Balaban J connectivity index is 1.90. The van der Waals surface area contributed by atoms with Gasteiger partial charge >= 0.3 is 0 Å². The molecule has 3 heteroatoms. The second-order valence-electron chi connectivity index (χ2n) is 3.69. The largest absolute Gasteiger partial charge is 0.396 e. The summed E-state index contributed by atoms with van der Waals surface area (Å²) in [6, 6.07) is 10.1. The Morgan fingerprint density at radius 1 is 1.33 bits per heavy atom. The van der Waals surface area contributed by atoms with E-state index in [4.69, 9.17) is 9.94 Å². The van der Waals surface area contributed by atoms with Crippen molar-refractivity contribution in [2.45, 2.75) is 25.4 Å². The monoisotopic (exact) mass is 205 g/mol. The number of hydrogen-bond donors (Lipinski definition) is 1. The molecule has 1 unspecified atom stereocenters. The lowest BCUT2D eigenvalue weighted by Gasteiger charge is -2.07. The SMILES string of the molecule is OCCCC1=NOC(c2ccccc2)C1. The molecule has 1 aromatic carbocycles. The first-order chi connectivity index (χ1) is 7.40. The van der Waals surface area contributed by atoms with E-state index in [1.54, 1.807) is 0 Å². The summed E-state index contributed by atoms with van der Waals surface area (Å²) >= 11 is 0. The Bertz CT molecular complexity index is 335. The summed E-state index contributed by atoms with van der Waals surface area (Å²) in [6.07, 6.45) is 2.52. The van der Waals surface area contributed by atoms with Crippen molar-refractivity contribution in [3.05, 3.63) is 35.9 Å². The Hall–Kier alpha value is -1.35. The Kier molecular flexibility index (Phi) is 3.35. The standard InChI is InChI=1S/C12H15NO2/c14-8-4-7-11-9-12(15-13-11)10-5-2-1-3-6-10/h1-3,5-6,12,14H,4,7-9H2. The molecule has 15 heavy (non-hydrogen) atoms. The zero-order valence-electron chi connectivity index (χ0n) is 8.60. The van der Waals surface area contributed by atoms with Crippen LogP contribution in [-0.4, -0.2) is 17.4 Å². The highest BCUT2D eigenvalue weighted by atomic mass is 16.6. The third kappa shape index (κ3) is 2.57. The van der Waals surface area contributed by atoms with E-state index in [2.05, 4.69) is 17.3 Å². The first-order valence-electron chi connectivity index (χ1n) is 5.27. The molecule has 3 nitrogen and oxygen atoms in total. The molecule has 1 heterocycles. The van der Waals surface area contributed by atoms with Gasteiger partial charge < -0.3 is 9.94 Å². The average Bonchev–Trinajstić information content (AvgIpc) is 2.76. The molecule has 0 bridgehead atoms. The molecule has 0 aliphatic carbocycles. The van der Waals surface area contributed by atoms with E-state index < -0.39 is 0 Å². The van der Waals surface area contributed by atoms with Gasteiger partial charge in [0, 0.05) is 13.0 Å². The molecule has 0 radical (unpaired) electrons. The summed E-state index contributed by atoms with van der Waals surface area (Å²) in [6.45, 7) is 0.217. The minimum atomic E-state index is 0.0693. The van der Waals surface area contributed by atoms with Crippen LogP contribution >= 0.6 is 0 Å². The van der Waals surface area contributed by atoms with E-state index in [0.29, 0.717) is 0 Å². The maximum Gasteiger partial charge on any atom is 0.157 e. The van der Waals surface area contributed by atoms with Gasteiger partial charge in [0.25, 0.3) is 0 Å². The van der Waals surface area contributed by atoms with Gasteiger partial charge in [-0.1, -0.05) is 35.5 Å². The highest BCUT2D eigenvalue weighted by Crippen LogP contribution is 2.27. The average molecular weight is 205 g/mol. The molecule has 1 N–H and O–H groups in total. The summed E-state index contributed by atoms with van der Waals surface area (Å²) < 4.78 is 0. The highest BCUT2D eigenvalue weighted by molar-refractivity contribution is 5.85. The third-order valence-electron chi connectivity index (χ3n) is 2.52. The summed E-state index contributed by atoms with van der Waals surface area (Å²) in [4.78, 5) is 5.35. The van der Waals surface area contributed by atoms with Crippen LogP contribution in [-0.2, 0) is 4.84 Å². The van der Waals surface area contributed by atoms with E-state index in [-0.39, 0.29) is 12.7 Å². The number of aliphatic hydroxyl groups excluding tert-OH is 1. The lowest BCUT2D eigenvalue weighted by atomic mass is 10.0. The zero-order chi connectivity index (χ0) is 10.5. The van der Waals surface area contributed by atoms with Gasteiger partial charge in [-0.3, -0.25) is 0 Å². The molecular weight excluding hydrogens is 190 g/mol. The minimum absolute atomic E-state index is 0.0693. The minimum Gasteiger partial charge on any atom is -0.396 e. The molecule has 0 aromatic heterocycles. The van der Waals surface area contributed by atoms with Crippen molar-refractivity contribution in [2.24, 2.45) is 5.16 Å². The van der Waals surface area contributed by atoms with Gasteiger partial charge in [-0.15, -0.1) is 0 Å². The third-order valence-corrected chi connectivity index (χ3v) is 2.52. The Morgan fingerprint density at radius 2 is 2.13 bits per heavy atom. The topological polar surface area (TPSA) is 41.8 Å². The molecule has 80 valence electrons. The summed E-state index contributed by atoms with van der Waals surface area (Å²) in [7, 11) is 0. The second-order valence-corrected chi connectivity index (χ2v) is 3.69. The maximum atomic E-state index is 8.71. The van der Waals surface area contributed by atoms with E-state index in [1.165, 1.54) is 5.56 Å². The predicted octanol–water partition coefficient (Wildman–Crippen LogP) is 2.28. The number of hydrogen-bond acceptors (Lipinski definition) is 3. The summed E-state index contributed by atoms with van der Waals surface area (Å²) in [5.41, 5.74) is 2.22. The Labute approximate surface area is 89.4 Å². The lowest BCUT2D eigenvalue weighted by molar-refractivity contribution is 0.0857. The summed E-state index contributed by atoms with van der Waals surface area (Å²) in [5.74, 6) is 0. The van der Waals surface area contributed by atoms with Crippen molar-refractivity contribution in [3.63, 3.8) is 0 Å². The quantitative estimate of drug-likeness (QED) is 0.819. The molecule has 0 fully saturated rings. The number of nitrogens with zero attached hydrogens (tertiary/aromatic N) is 1. The fourth-order valence-corrected chi connectivity index (χ4v) is 1.70. The van der Waals surface area contributed by atoms with Gasteiger partial charge in [-0.25, -0.2) is 0 Å². The van der Waals surface area contributed by atoms with E-state index in [1.807, 2.05) is 18.2 Å². The van der Waals surface area contributed by atoms with Gasteiger partial charge in [0.15, 0.2) is 6.10 Å². The fraction of sp³-hybridized carbons (Fsp3) is 0.417. The molecule has 1 aliphatic rings. The van der Waals surface area contributed by atoms with Crippen LogP contribution in [0.1, 0.15) is 30.9 Å². The molecule has 1 atom stereocenters. The molecule has 2 rings (SSSR count). The van der Waals surface area contributed by atoms with Crippen LogP contribution in [0, 0.1) is 0 Å². The first-order valence-corrected chi connectivity index (χ1v) is 5.27. The van der Waals surface area contributed by atoms with Crippen molar-refractivity contribution in [2.75, 3.05) is 6.61 Å². The normalized spacial score (nSPS) is 19.8. The highest BCUT2D eigenvalue weighted by Gasteiger charge is 2.21. The maximum absolute atomic E-state index is 8.71. The Morgan fingerprint density at radius 3 is 2.87 bits per heavy atom. The van der Waals surface area contributed by atoms with Crippen LogP contribution in [0.25, 0.3) is 0 Å². The molecule has 0 spiro atoms. The number of rotatable bonds is 4. The number of benzene rings is 1. The van der Waals surface area contributed by atoms with Crippen molar-refractivity contribution < 1.29 is 9.94 Å². The summed E-state index contributed by atoms with van der Waals surface area (Å²) in [5, 5.41) is 12.8. The number of oxime groups is 1.